The second kappa shape index (κ2) is 6.37. The Morgan fingerprint density at radius 3 is 2.33 bits per heavy atom. The van der Waals surface area contributed by atoms with Crippen LogP contribution >= 0.6 is 0 Å². The summed E-state index contributed by atoms with van der Waals surface area (Å²) in [5, 5.41) is 3.44. The van der Waals surface area contributed by atoms with Crippen LogP contribution in [-0.2, 0) is 0 Å². The molecule has 0 bridgehead atoms. The maximum Gasteiger partial charge on any atom is 0.0603 e. The monoisotopic (exact) mass is 281 g/mol. The van der Waals surface area contributed by atoms with Crippen molar-refractivity contribution in [3.8, 4) is 0 Å². The Hall–Kier alpha value is -1.71. The van der Waals surface area contributed by atoms with Gasteiger partial charge in [-0.2, -0.15) is 0 Å². The summed E-state index contributed by atoms with van der Waals surface area (Å²) in [4.78, 5) is 6.73. The van der Waals surface area contributed by atoms with Gasteiger partial charge in [0, 0.05) is 38.6 Å². The van der Waals surface area contributed by atoms with Crippen molar-refractivity contribution in [1.29, 1.82) is 0 Å². The first-order chi connectivity index (χ1) is 10.3. The number of nitrogens with one attached hydrogen (secondary N) is 1. The SMILES string of the molecule is Cc1ccc(C(c2ccncc2)N2CCNCC2)cc1C. The highest BCUT2D eigenvalue weighted by atomic mass is 15.2. The minimum atomic E-state index is 0.328. The molecular weight excluding hydrogens is 258 g/mol. The summed E-state index contributed by atoms with van der Waals surface area (Å²) in [5.74, 6) is 0. The van der Waals surface area contributed by atoms with Crippen molar-refractivity contribution in [3.05, 3.63) is 65.0 Å². The number of hydrogen-bond acceptors (Lipinski definition) is 3. The molecule has 2 aromatic rings. The Kier molecular flexibility index (Phi) is 4.32. The second-order valence-electron chi connectivity index (χ2n) is 5.81. The highest BCUT2D eigenvalue weighted by Crippen LogP contribution is 2.29. The van der Waals surface area contributed by atoms with Crippen molar-refractivity contribution in [2.45, 2.75) is 19.9 Å². The molecule has 1 atom stereocenters. The maximum atomic E-state index is 4.17. The number of aromatic nitrogens is 1. The molecule has 1 N–H and O–H groups in total. The molecule has 1 aliphatic rings. The van der Waals surface area contributed by atoms with Crippen LogP contribution in [0.15, 0.2) is 42.7 Å². The van der Waals surface area contributed by atoms with Crippen LogP contribution in [0.1, 0.15) is 28.3 Å². The number of rotatable bonds is 3. The molecule has 0 radical (unpaired) electrons. The van der Waals surface area contributed by atoms with E-state index in [1.165, 1.54) is 22.3 Å². The van der Waals surface area contributed by atoms with Crippen LogP contribution in [0.4, 0.5) is 0 Å². The molecule has 2 heterocycles. The third-order valence-corrected chi connectivity index (χ3v) is 4.39. The van der Waals surface area contributed by atoms with Crippen LogP contribution in [0.25, 0.3) is 0 Å². The number of pyridine rings is 1. The van der Waals surface area contributed by atoms with Gasteiger partial charge < -0.3 is 5.32 Å². The molecule has 1 aromatic carbocycles. The number of piperazine rings is 1. The summed E-state index contributed by atoms with van der Waals surface area (Å²) in [5.41, 5.74) is 5.43. The molecule has 1 saturated heterocycles. The molecule has 0 aliphatic carbocycles. The van der Waals surface area contributed by atoms with E-state index in [9.17, 15) is 0 Å². The third kappa shape index (κ3) is 3.14. The number of nitrogens with zero attached hydrogens (tertiary/aromatic N) is 2. The topological polar surface area (TPSA) is 28.2 Å². The minimum absolute atomic E-state index is 0.328. The molecular formula is C18H23N3. The van der Waals surface area contributed by atoms with Crippen LogP contribution < -0.4 is 5.32 Å². The molecule has 3 rings (SSSR count). The predicted molar refractivity (Wildman–Crippen MR) is 86.4 cm³/mol. The molecule has 21 heavy (non-hydrogen) atoms. The summed E-state index contributed by atoms with van der Waals surface area (Å²) in [6.45, 7) is 8.66. The average Bonchev–Trinajstić information content (AvgIpc) is 2.53. The molecule has 1 aromatic heterocycles. The Morgan fingerprint density at radius 2 is 1.67 bits per heavy atom. The van der Waals surface area contributed by atoms with Gasteiger partial charge >= 0.3 is 0 Å². The fourth-order valence-electron chi connectivity index (χ4n) is 3.03. The van der Waals surface area contributed by atoms with E-state index in [1.54, 1.807) is 0 Å². The predicted octanol–water partition coefficient (Wildman–Crippen LogP) is 2.69. The fraction of sp³-hybridized carbons (Fsp3) is 0.389. The van der Waals surface area contributed by atoms with E-state index < -0.39 is 0 Å². The van der Waals surface area contributed by atoms with Gasteiger partial charge in [-0.3, -0.25) is 9.88 Å². The third-order valence-electron chi connectivity index (χ3n) is 4.39. The zero-order chi connectivity index (χ0) is 14.7. The summed E-state index contributed by atoms with van der Waals surface area (Å²) < 4.78 is 0. The van der Waals surface area contributed by atoms with Crippen molar-refractivity contribution in [2.75, 3.05) is 26.2 Å². The van der Waals surface area contributed by atoms with E-state index in [4.69, 9.17) is 0 Å². The van der Waals surface area contributed by atoms with Crippen molar-refractivity contribution >= 4 is 0 Å². The van der Waals surface area contributed by atoms with Gasteiger partial charge in [0.05, 0.1) is 6.04 Å². The lowest BCUT2D eigenvalue weighted by molar-refractivity contribution is 0.198. The first-order valence-electron chi connectivity index (χ1n) is 7.67. The lowest BCUT2D eigenvalue weighted by Crippen LogP contribution is -2.45. The molecule has 3 nitrogen and oxygen atoms in total. The van der Waals surface area contributed by atoms with Gasteiger partial charge in [0.25, 0.3) is 0 Å². The van der Waals surface area contributed by atoms with Crippen LogP contribution in [0.2, 0.25) is 0 Å². The molecule has 0 spiro atoms. The minimum Gasteiger partial charge on any atom is -0.314 e. The van der Waals surface area contributed by atoms with E-state index in [0.29, 0.717) is 6.04 Å². The Morgan fingerprint density at radius 1 is 0.952 bits per heavy atom. The molecule has 1 aliphatic heterocycles. The zero-order valence-electron chi connectivity index (χ0n) is 12.8. The molecule has 0 amide bonds. The molecule has 3 heteroatoms. The van der Waals surface area contributed by atoms with Gasteiger partial charge in [0.2, 0.25) is 0 Å². The molecule has 110 valence electrons. The smallest absolute Gasteiger partial charge is 0.0603 e. The average molecular weight is 281 g/mol. The summed E-state index contributed by atoms with van der Waals surface area (Å²) >= 11 is 0. The number of benzene rings is 1. The lowest BCUT2D eigenvalue weighted by atomic mass is 9.94. The van der Waals surface area contributed by atoms with Gasteiger partial charge in [-0.25, -0.2) is 0 Å². The van der Waals surface area contributed by atoms with Gasteiger partial charge in [-0.1, -0.05) is 18.2 Å². The van der Waals surface area contributed by atoms with Gasteiger partial charge in [0.15, 0.2) is 0 Å². The van der Waals surface area contributed by atoms with Gasteiger partial charge in [0.1, 0.15) is 0 Å². The molecule has 1 fully saturated rings. The zero-order valence-corrected chi connectivity index (χ0v) is 12.8. The highest BCUT2D eigenvalue weighted by molar-refractivity contribution is 5.36. The van der Waals surface area contributed by atoms with Crippen molar-refractivity contribution in [1.82, 2.24) is 15.2 Å². The van der Waals surface area contributed by atoms with E-state index in [2.05, 4.69) is 59.4 Å². The van der Waals surface area contributed by atoms with Crippen molar-refractivity contribution in [2.24, 2.45) is 0 Å². The first kappa shape index (κ1) is 14.2. The quantitative estimate of drug-likeness (QED) is 0.937. The van der Waals surface area contributed by atoms with Crippen molar-refractivity contribution < 1.29 is 0 Å². The standard InChI is InChI=1S/C18H23N3/c1-14-3-4-17(13-15(14)2)18(16-5-7-19-8-6-16)21-11-9-20-10-12-21/h3-8,13,18,20H,9-12H2,1-2H3. The largest absolute Gasteiger partial charge is 0.314 e. The molecule has 0 saturated carbocycles. The van der Waals surface area contributed by atoms with Gasteiger partial charge in [-0.05, 0) is 48.2 Å². The fourth-order valence-corrected chi connectivity index (χ4v) is 3.03. The van der Waals surface area contributed by atoms with E-state index in [-0.39, 0.29) is 0 Å². The van der Waals surface area contributed by atoms with E-state index >= 15 is 0 Å². The van der Waals surface area contributed by atoms with Crippen LogP contribution in [0.5, 0.6) is 0 Å². The first-order valence-corrected chi connectivity index (χ1v) is 7.67. The lowest BCUT2D eigenvalue weighted by Gasteiger charge is -2.35. The summed E-state index contributed by atoms with van der Waals surface area (Å²) in [7, 11) is 0. The van der Waals surface area contributed by atoms with Crippen LogP contribution in [-0.4, -0.2) is 36.1 Å². The van der Waals surface area contributed by atoms with E-state index in [1.807, 2.05) is 12.4 Å². The normalized spacial score (nSPS) is 17.6. The van der Waals surface area contributed by atoms with Crippen molar-refractivity contribution in [3.63, 3.8) is 0 Å². The second-order valence-corrected chi connectivity index (χ2v) is 5.81. The maximum absolute atomic E-state index is 4.17. The highest BCUT2D eigenvalue weighted by Gasteiger charge is 2.23. The Balaban J connectivity index is 2.00. The Labute approximate surface area is 127 Å². The summed E-state index contributed by atoms with van der Waals surface area (Å²) in [6, 6.07) is 11.5. The summed E-state index contributed by atoms with van der Waals surface area (Å²) in [6.07, 6.45) is 3.79. The van der Waals surface area contributed by atoms with Crippen LogP contribution in [0, 0.1) is 13.8 Å². The molecule has 1 unspecified atom stereocenters. The van der Waals surface area contributed by atoms with Gasteiger partial charge in [-0.15, -0.1) is 0 Å². The van der Waals surface area contributed by atoms with E-state index in [0.717, 1.165) is 26.2 Å². The number of hydrogen-bond donors (Lipinski definition) is 1. The Bertz CT molecular complexity index is 589. The van der Waals surface area contributed by atoms with Crippen LogP contribution in [0.3, 0.4) is 0 Å². The number of aryl methyl sites for hydroxylation is 2.